The number of urea groups is 3. The van der Waals surface area contributed by atoms with Crippen LogP contribution in [0.1, 0.15) is 133 Å². The van der Waals surface area contributed by atoms with Crippen LogP contribution < -0.4 is 50.1 Å². The Morgan fingerprint density at radius 3 is 1.64 bits per heavy atom. The van der Waals surface area contributed by atoms with Gasteiger partial charge in [0.1, 0.15) is 5.69 Å². The lowest BCUT2D eigenvalue weighted by Crippen LogP contribution is -2.42. The number of nitrogens with zero attached hydrogens (tertiary/aromatic N) is 8. The van der Waals surface area contributed by atoms with E-state index >= 15 is 0 Å². The summed E-state index contributed by atoms with van der Waals surface area (Å²) >= 11 is 0. The van der Waals surface area contributed by atoms with Gasteiger partial charge in [-0.3, -0.25) is 4.98 Å². The summed E-state index contributed by atoms with van der Waals surface area (Å²) in [5.41, 5.74) is 9.54. The van der Waals surface area contributed by atoms with E-state index in [2.05, 4.69) is 45.9 Å². The molecule has 0 spiro atoms. The van der Waals surface area contributed by atoms with Crippen molar-refractivity contribution in [3.05, 3.63) is 64.6 Å². The standard InChI is InChI=1S/C20H27F2N5O4S.C18H23N5O4S.C11H19N5O4S/c1-11(2)13-9-15(20(5,21)22)24-16(12(3)4)17(13)25-19(28)26-32(29,30)14-10-23-27-7-6-8-31-18(14)27;1-11(2)15-16(13-6-3-5-12(13)9-19-15)21-18(24)22-28(25,26)14-10-20-23-7-4-8-27-17(14)23;1-7(2)14-11(17)15-21(18,19)9-4-13-16-5-8(3-12)6-20-10(9)16/h9-12H,6-8H2,1-5H3,(H2,25,26,28);9-11H,3-8H2,1-2H3,(H2,21,22,24);4,7-8H,3,5-6,12H2,1-2H3,(H2,14,15,17). The van der Waals surface area contributed by atoms with Crippen LogP contribution in [0.5, 0.6) is 17.6 Å². The van der Waals surface area contributed by atoms with Crippen LogP contribution in [0.4, 0.5) is 34.5 Å². The number of halogens is 2. The Hall–Kier alpha value is -7.19. The minimum atomic E-state index is -4.29. The molecule has 4 aliphatic rings. The normalized spacial score (nSPS) is 15.7. The summed E-state index contributed by atoms with van der Waals surface area (Å²) < 4.78 is 130. The predicted molar refractivity (Wildman–Crippen MR) is 290 cm³/mol. The molecule has 0 aromatic carbocycles. The van der Waals surface area contributed by atoms with Crippen LogP contribution in [0, 0.1) is 5.92 Å². The monoisotopic (exact) mass is 1190 g/mol. The molecule has 1 unspecified atom stereocenters. The zero-order valence-corrected chi connectivity index (χ0v) is 48.7. The van der Waals surface area contributed by atoms with Gasteiger partial charge < -0.3 is 35.9 Å². The maximum Gasteiger partial charge on any atom is 0.333 e. The van der Waals surface area contributed by atoms with Gasteiger partial charge in [0, 0.05) is 57.6 Å². The molecule has 0 fully saturated rings. The minimum Gasteiger partial charge on any atom is -0.477 e. The van der Waals surface area contributed by atoms with Crippen molar-refractivity contribution < 1.29 is 62.6 Å². The number of aromatic nitrogens is 8. The lowest BCUT2D eigenvalue weighted by Gasteiger charge is -2.23. The fourth-order valence-electron chi connectivity index (χ4n) is 8.97. The average Bonchev–Trinajstić information content (AvgIpc) is 4.36. The van der Waals surface area contributed by atoms with Gasteiger partial charge in [-0.25, -0.2) is 72.8 Å². The third-order valence-electron chi connectivity index (χ3n) is 12.9. The van der Waals surface area contributed by atoms with Crippen LogP contribution in [0.3, 0.4) is 0 Å². The number of fused-ring (bicyclic) bond motifs is 4. The number of amides is 6. The van der Waals surface area contributed by atoms with E-state index < -0.39 is 59.8 Å². The van der Waals surface area contributed by atoms with Crippen molar-refractivity contribution in [3.63, 3.8) is 0 Å². The lowest BCUT2D eigenvalue weighted by atomic mass is 9.95. The molecule has 1 atom stereocenters. The molecular weight excluding hydrogens is 1120 g/mol. The summed E-state index contributed by atoms with van der Waals surface area (Å²) in [6, 6.07) is -1.59. The Morgan fingerprint density at radius 2 is 1.16 bits per heavy atom. The number of carbonyl (C=O) groups is 3. The van der Waals surface area contributed by atoms with Crippen molar-refractivity contribution in [2.75, 3.05) is 37.0 Å². The minimum absolute atomic E-state index is 0.0680. The zero-order chi connectivity index (χ0) is 59.4. The van der Waals surface area contributed by atoms with Gasteiger partial charge in [-0.15, -0.1) is 0 Å². The number of carbonyl (C=O) groups excluding carboxylic acids is 3. The van der Waals surface area contributed by atoms with E-state index in [1.807, 2.05) is 29.5 Å². The van der Waals surface area contributed by atoms with Crippen LogP contribution >= 0.6 is 0 Å². The molecule has 8 heterocycles. The molecule has 5 aromatic heterocycles. The highest BCUT2D eigenvalue weighted by atomic mass is 32.2. The summed E-state index contributed by atoms with van der Waals surface area (Å²) in [4.78, 5) is 44.8. The summed E-state index contributed by atoms with van der Waals surface area (Å²) in [7, 11) is -12.4. The van der Waals surface area contributed by atoms with Gasteiger partial charge in [-0.2, -0.15) is 24.1 Å². The van der Waals surface area contributed by atoms with Crippen molar-refractivity contribution in [2.45, 2.75) is 158 Å². The Labute approximate surface area is 468 Å². The van der Waals surface area contributed by atoms with Crippen LogP contribution in [0.15, 0.2) is 45.5 Å². The number of pyridine rings is 2. The Kier molecular flexibility index (Phi) is 18.9. The molecule has 81 heavy (non-hydrogen) atoms. The maximum atomic E-state index is 14.0. The molecule has 32 heteroatoms. The molecule has 444 valence electrons. The van der Waals surface area contributed by atoms with E-state index in [0.717, 1.165) is 55.6 Å². The van der Waals surface area contributed by atoms with Gasteiger partial charge in [-0.1, -0.05) is 41.5 Å². The molecule has 6 amide bonds. The lowest BCUT2D eigenvalue weighted by molar-refractivity contribution is 0.0124. The summed E-state index contributed by atoms with van der Waals surface area (Å²) in [5, 5.41) is 19.7. The zero-order valence-electron chi connectivity index (χ0n) is 46.3. The summed E-state index contributed by atoms with van der Waals surface area (Å²) in [5.74, 6) is -3.17. The van der Waals surface area contributed by atoms with Gasteiger partial charge in [0.15, 0.2) is 14.7 Å². The molecule has 0 saturated heterocycles. The molecule has 5 aromatic rings. The predicted octanol–water partition coefficient (Wildman–Crippen LogP) is 5.36. The first kappa shape index (κ1) is 61.4. The maximum absolute atomic E-state index is 14.0. The number of alkyl halides is 2. The van der Waals surface area contributed by atoms with E-state index in [1.165, 1.54) is 32.5 Å². The SMILES string of the molecule is CC(C)NC(=O)NS(=O)(=O)c1cnn2c1OCC(CN)C2.CC(C)c1cc(C(C)(F)F)nc(C(C)C)c1NC(=O)NS(=O)(=O)c1cnn2c1OCCC2.CC(C)c1ncc2c(c1NC(=O)NS(=O)(=O)c1cnn3c1OCCC3)CCC2. The van der Waals surface area contributed by atoms with E-state index in [4.69, 9.17) is 19.9 Å². The van der Waals surface area contributed by atoms with Crippen LogP contribution in [0.2, 0.25) is 0 Å². The highest BCUT2D eigenvalue weighted by Crippen LogP contribution is 2.38. The number of nitrogens with two attached hydrogens (primary N) is 1. The van der Waals surface area contributed by atoms with E-state index in [1.54, 1.807) is 41.5 Å². The number of hydrogen-bond acceptors (Lipinski definition) is 18. The number of ether oxygens (including phenoxy) is 3. The number of rotatable bonds is 14. The van der Waals surface area contributed by atoms with Gasteiger partial charge in [0.2, 0.25) is 17.6 Å². The third-order valence-corrected chi connectivity index (χ3v) is 16.8. The molecule has 3 aliphatic heterocycles. The average molecular weight is 1190 g/mol. The van der Waals surface area contributed by atoms with Crippen LogP contribution in [-0.4, -0.2) is 115 Å². The van der Waals surface area contributed by atoms with Gasteiger partial charge in [0.25, 0.3) is 36.0 Å². The molecule has 0 bridgehead atoms. The number of hydrogen-bond donors (Lipinski definition) is 7. The topological polar surface area (TPSA) is 359 Å². The van der Waals surface area contributed by atoms with E-state index in [9.17, 15) is 48.4 Å². The number of nitrogens with one attached hydrogen (secondary N) is 6. The van der Waals surface area contributed by atoms with Crippen LogP contribution in [0.25, 0.3) is 0 Å². The quantitative estimate of drug-likeness (QED) is 0.0735. The Bertz CT molecular complexity index is 3460. The first-order chi connectivity index (χ1) is 38.0. The van der Waals surface area contributed by atoms with Gasteiger partial charge in [-0.05, 0) is 73.6 Å². The second-order valence-corrected chi connectivity index (χ2v) is 25.8. The van der Waals surface area contributed by atoms with E-state index in [0.29, 0.717) is 63.7 Å². The molecule has 0 radical (unpaired) electrons. The highest BCUT2D eigenvalue weighted by Gasteiger charge is 2.35. The van der Waals surface area contributed by atoms with E-state index in [-0.39, 0.29) is 73.4 Å². The second-order valence-electron chi connectivity index (χ2n) is 20.8. The molecule has 9 rings (SSSR count). The largest absolute Gasteiger partial charge is 0.477 e. The van der Waals surface area contributed by atoms with Crippen molar-refractivity contribution in [3.8, 4) is 17.6 Å². The second kappa shape index (κ2) is 24.9. The number of aryl methyl sites for hydroxylation is 3. The molecule has 0 saturated carbocycles. The first-order valence-corrected chi connectivity index (χ1v) is 30.7. The number of sulfonamides is 3. The number of anilines is 2. The van der Waals surface area contributed by atoms with Crippen molar-refractivity contribution in [2.24, 2.45) is 11.7 Å². The fourth-order valence-corrected chi connectivity index (χ4v) is 11.9. The van der Waals surface area contributed by atoms with Crippen LogP contribution in [-0.2, 0) is 68.5 Å². The van der Waals surface area contributed by atoms with Crippen molar-refractivity contribution >= 4 is 59.5 Å². The molecule has 27 nitrogen and oxygen atoms in total. The highest BCUT2D eigenvalue weighted by molar-refractivity contribution is 7.90. The van der Waals surface area contributed by atoms with Crippen molar-refractivity contribution in [1.29, 1.82) is 0 Å². The van der Waals surface area contributed by atoms with Crippen molar-refractivity contribution in [1.82, 2.24) is 58.8 Å². The summed E-state index contributed by atoms with van der Waals surface area (Å²) in [6.45, 7) is 18.3. The van der Waals surface area contributed by atoms with Gasteiger partial charge >= 0.3 is 18.1 Å². The summed E-state index contributed by atoms with van der Waals surface area (Å²) in [6.07, 6.45) is 9.54. The first-order valence-electron chi connectivity index (χ1n) is 26.2. The van der Waals surface area contributed by atoms with Gasteiger partial charge in [0.05, 0.1) is 67.7 Å². The Morgan fingerprint density at radius 1 is 0.667 bits per heavy atom. The fraction of sp³-hybridized carbons (Fsp3) is 0.551. The Balaban J connectivity index is 0.000000179. The molecular formula is C49H69F2N15O12S3. The molecule has 8 N–H and O–H groups in total. The smallest absolute Gasteiger partial charge is 0.333 e. The third kappa shape index (κ3) is 14.5. The molecule has 1 aliphatic carbocycles.